The molecule has 0 unspecified atom stereocenters. The fraction of sp³-hybridized carbons (Fsp3) is 0.600. The molecule has 0 spiro atoms. The molecule has 0 bridgehead atoms. The van der Waals surface area contributed by atoms with Gasteiger partial charge < -0.3 is 0 Å². The van der Waals surface area contributed by atoms with Gasteiger partial charge in [-0.3, -0.25) is 0 Å². The highest BCUT2D eigenvalue weighted by atomic mass is 28.3. The van der Waals surface area contributed by atoms with E-state index in [-0.39, 0.29) is 0 Å². The Morgan fingerprint density at radius 2 is 1.91 bits per heavy atom. The Morgan fingerprint density at radius 3 is 2.36 bits per heavy atom. The Morgan fingerprint density at radius 1 is 1.27 bits per heavy atom. The van der Waals surface area contributed by atoms with Crippen LogP contribution in [0.2, 0.25) is 19.6 Å². The molecule has 1 fully saturated rings. The molecule has 0 saturated heterocycles. The third kappa shape index (κ3) is 4.86. The Hall–Kier alpha value is -0.483. The van der Waals surface area contributed by atoms with Crippen molar-refractivity contribution in [1.29, 1.82) is 0 Å². The van der Waals surface area contributed by atoms with E-state index in [1.807, 2.05) is 6.08 Å². The van der Waals surface area contributed by atoms with Crippen LogP contribution in [0, 0.1) is 17.4 Å². The fourth-order valence-electron chi connectivity index (χ4n) is 0.731. The SMILES string of the molecule is C[Si](C)(C)C#CC=CC1CC1. The summed E-state index contributed by atoms with van der Waals surface area (Å²) < 4.78 is 0. The molecule has 0 heterocycles. The summed E-state index contributed by atoms with van der Waals surface area (Å²) in [6, 6.07) is 0. The van der Waals surface area contributed by atoms with Crippen molar-refractivity contribution in [3.63, 3.8) is 0 Å². The van der Waals surface area contributed by atoms with Crippen molar-refractivity contribution in [2.75, 3.05) is 0 Å². The zero-order chi connectivity index (χ0) is 8.32. The summed E-state index contributed by atoms with van der Waals surface area (Å²) in [5.74, 6) is 3.99. The van der Waals surface area contributed by atoms with Gasteiger partial charge in [0.05, 0.1) is 0 Å². The van der Waals surface area contributed by atoms with E-state index in [1.54, 1.807) is 0 Å². The first-order chi connectivity index (χ1) is 5.08. The van der Waals surface area contributed by atoms with Gasteiger partial charge in [-0.15, -0.1) is 5.54 Å². The van der Waals surface area contributed by atoms with E-state index in [4.69, 9.17) is 0 Å². The lowest BCUT2D eigenvalue weighted by Crippen LogP contribution is -2.16. The molecule has 0 amide bonds. The molecule has 0 N–H and O–H groups in total. The Kier molecular flexibility index (Phi) is 2.56. The summed E-state index contributed by atoms with van der Waals surface area (Å²) in [4.78, 5) is 0. The summed E-state index contributed by atoms with van der Waals surface area (Å²) in [5, 5.41) is 0. The summed E-state index contributed by atoms with van der Waals surface area (Å²) in [6.45, 7) is 6.81. The largest absolute Gasteiger partial charge is 0.129 e. The van der Waals surface area contributed by atoms with Crippen LogP contribution in [0.5, 0.6) is 0 Å². The van der Waals surface area contributed by atoms with Crippen molar-refractivity contribution in [2.24, 2.45) is 5.92 Å². The number of rotatable bonds is 1. The molecule has 1 aliphatic carbocycles. The smallest absolute Gasteiger partial charge is 0.127 e. The molecule has 0 atom stereocenters. The predicted molar refractivity (Wildman–Crippen MR) is 53.0 cm³/mol. The molecule has 0 aliphatic heterocycles. The van der Waals surface area contributed by atoms with Gasteiger partial charge in [0.1, 0.15) is 8.07 Å². The van der Waals surface area contributed by atoms with Gasteiger partial charge in [0.2, 0.25) is 0 Å². The predicted octanol–water partition coefficient (Wildman–Crippen LogP) is 2.83. The van der Waals surface area contributed by atoms with E-state index in [0.717, 1.165) is 5.92 Å². The number of allylic oxidation sites excluding steroid dienone is 2. The van der Waals surface area contributed by atoms with Crippen molar-refractivity contribution in [2.45, 2.75) is 32.5 Å². The maximum atomic E-state index is 3.31. The molecule has 1 saturated carbocycles. The van der Waals surface area contributed by atoms with Crippen molar-refractivity contribution in [3.05, 3.63) is 12.2 Å². The van der Waals surface area contributed by atoms with Crippen LogP contribution < -0.4 is 0 Å². The van der Waals surface area contributed by atoms with Gasteiger partial charge in [-0.05, 0) is 24.8 Å². The first-order valence-electron chi connectivity index (χ1n) is 4.27. The summed E-state index contributed by atoms with van der Waals surface area (Å²) >= 11 is 0. The topological polar surface area (TPSA) is 0 Å². The molecule has 0 aromatic rings. The Bertz CT molecular complexity index is 205. The zero-order valence-electron chi connectivity index (χ0n) is 7.65. The van der Waals surface area contributed by atoms with Crippen LogP contribution in [0.25, 0.3) is 0 Å². The second-order valence-electron chi connectivity index (χ2n) is 4.22. The van der Waals surface area contributed by atoms with Gasteiger partial charge in [0.15, 0.2) is 0 Å². The van der Waals surface area contributed by atoms with Gasteiger partial charge in [0.25, 0.3) is 0 Å². The summed E-state index contributed by atoms with van der Waals surface area (Å²) in [7, 11) is -1.12. The Balaban J connectivity index is 2.31. The van der Waals surface area contributed by atoms with E-state index in [9.17, 15) is 0 Å². The van der Waals surface area contributed by atoms with E-state index < -0.39 is 8.07 Å². The van der Waals surface area contributed by atoms with Crippen molar-refractivity contribution in [3.8, 4) is 11.5 Å². The van der Waals surface area contributed by atoms with Crippen molar-refractivity contribution < 1.29 is 0 Å². The normalized spacial score (nSPS) is 18.1. The van der Waals surface area contributed by atoms with Crippen LogP contribution in [0.1, 0.15) is 12.8 Å². The second kappa shape index (κ2) is 3.28. The maximum Gasteiger partial charge on any atom is 0.129 e. The van der Waals surface area contributed by atoms with E-state index in [2.05, 4.69) is 37.2 Å². The average Bonchev–Trinajstić information content (AvgIpc) is 2.60. The minimum atomic E-state index is -1.12. The molecule has 11 heavy (non-hydrogen) atoms. The maximum absolute atomic E-state index is 3.31. The highest BCUT2D eigenvalue weighted by Gasteiger charge is 2.16. The Labute approximate surface area is 70.7 Å². The zero-order valence-corrected chi connectivity index (χ0v) is 8.65. The van der Waals surface area contributed by atoms with Gasteiger partial charge in [-0.1, -0.05) is 31.6 Å². The lowest BCUT2D eigenvalue weighted by Gasteiger charge is -2.01. The van der Waals surface area contributed by atoms with E-state index in [0.29, 0.717) is 0 Å². The minimum absolute atomic E-state index is 0.867. The second-order valence-corrected chi connectivity index (χ2v) is 8.97. The lowest BCUT2D eigenvalue weighted by atomic mass is 10.4. The van der Waals surface area contributed by atoms with Crippen molar-refractivity contribution in [1.82, 2.24) is 0 Å². The van der Waals surface area contributed by atoms with Crippen LogP contribution in [0.4, 0.5) is 0 Å². The molecule has 60 valence electrons. The van der Waals surface area contributed by atoms with Crippen LogP contribution in [0.3, 0.4) is 0 Å². The summed E-state index contributed by atoms with van der Waals surface area (Å²) in [6.07, 6.45) is 7.04. The molecular formula is C10H16Si. The van der Waals surface area contributed by atoms with Gasteiger partial charge in [-0.25, -0.2) is 0 Å². The van der Waals surface area contributed by atoms with Gasteiger partial charge in [-0.2, -0.15) is 0 Å². The quantitative estimate of drug-likeness (QED) is 0.413. The molecule has 0 nitrogen and oxygen atoms in total. The lowest BCUT2D eigenvalue weighted by molar-refractivity contribution is 1.13. The summed E-state index contributed by atoms with van der Waals surface area (Å²) in [5.41, 5.74) is 3.31. The van der Waals surface area contributed by atoms with E-state index >= 15 is 0 Å². The van der Waals surface area contributed by atoms with Crippen molar-refractivity contribution >= 4 is 8.07 Å². The number of hydrogen-bond acceptors (Lipinski definition) is 0. The molecule has 1 rings (SSSR count). The highest BCUT2D eigenvalue weighted by molar-refractivity contribution is 6.83. The standard InChI is InChI=1S/C10H16Si/c1-11(2,3)9-5-4-6-10-7-8-10/h4,6,10H,7-8H2,1-3H3. The monoisotopic (exact) mass is 164 g/mol. The minimum Gasteiger partial charge on any atom is -0.127 e. The third-order valence-electron chi connectivity index (χ3n) is 1.52. The van der Waals surface area contributed by atoms with Gasteiger partial charge in [0, 0.05) is 0 Å². The molecular weight excluding hydrogens is 148 g/mol. The third-order valence-corrected chi connectivity index (χ3v) is 2.42. The fourth-order valence-corrected chi connectivity index (χ4v) is 1.25. The van der Waals surface area contributed by atoms with Crippen LogP contribution in [-0.4, -0.2) is 8.07 Å². The highest BCUT2D eigenvalue weighted by Crippen LogP contribution is 2.29. The van der Waals surface area contributed by atoms with Crippen LogP contribution in [-0.2, 0) is 0 Å². The molecule has 1 aliphatic rings. The van der Waals surface area contributed by atoms with Crippen LogP contribution >= 0.6 is 0 Å². The molecule has 0 aromatic heterocycles. The van der Waals surface area contributed by atoms with E-state index in [1.165, 1.54) is 12.8 Å². The molecule has 0 radical (unpaired) electrons. The van der Waals surface area contributed by atoms with Crippen LogP contribution in [0.15, 0.2) is 12.2 Å². The number of hydrogen-bond donors (Lipinski definition) is 0. The molecule has 1 heteroatoms. The first kappa shape index (κ1) is 8.61. The molecule has 0 aromatic carbocycles. The first-order valence-corrected chi connectivity index (χ1v) is 7.77. The average molecular weight is 164 g/mol. The van der Waals surface area contributed by atoms with Gasteiger partial charge >= 0.3 is 0 Å².